The molecular weight excluding hydrogens is 562 g/mol. The average Bonchev–Trinajstić information content (AvgIpc) is 3.01. The average molecular weight is 622 g/mol. The predicted octanol–water partition coefficient (Wildman–Crippen LogP) is 0.742. The first kappa shape index (κ1) is 39.8. The van der Waals surface area contributed by atoms with Gasteiger partial charge in [-0.05, 0) is 32.1 Å². The first-order valence-corrected chi connectivity index (χ1v) is 16.1. The molecular formula is C31H59NO11. The summed E-state index contributed by atoms with van der Waals surface area (Å²) in [7, 11) is 1.48. The van der Waals surface area contributed by atoms with Crippen LogP contribution in [0.2, 0.25) is 0 Å². The second-order valence-electron chi connectivity index (χ2n) is 11.7. The zero-order chi connectivity index (χ0) is 32.2. The van der Waals surface area contributed by atoms with Crippen molar-refractivity contribution in [1.82, 2.24) is 4.90 Å². The van der Waals surface area contributed by atoms with E-state index >= 15 is 0 Å². The number of allylic oxidation sites excluding steroid dienone is 2. The Labute approximate surface area is 256 Å². The lowest BCUT2D eigenvalue weighted by Gasteiger charge is -2.42. The molecule has 1 aliphatic rings. The Hall–Kier alpha value is -1.19. The van der Waals surface area contributed by atoms with E-state index in [0.29, 0.717) is 13.0 Å². The molecule has 12 nitrogen and oxygen atoms in total. The molecule has 1 fully saturated rings. The molecule has 1 amide bonds. The third-order valence-corrected chi connectivity index (χ3v) is 8.00. The topological polar surface area (TPSA) is 201 Å². The van der Waals surface area contributed by atoms with Crippen molar-refractivity contribution in [2.45, 2.75) is 152 Å². The van der Waals surface area contributed by atoms with Crippen molar-refractivity contribution in [3.05, 3.63) is 12.2 Å². The number of rotatable bonds is 24. The normalized spacial score (nSPS) is 25.5. The fraction of sp³-hybridized carbons (Fsp3) is 0.903. The lowest BCUT2D eigenvalue weighted by atomic mass is 9.98. The molecule has 1 aliphatic heterocycles. The molecule has 0 aromatic carbocycles. The molecule has 0 radical (unpaired) electrons. The number of amides is 1. The van der Waals surface area contributed by atoms with Gasteiger partial charge in [0.2, 0.25) is 0 Å². The summed E-state index contributed by atoms with van der Waals surface area (Å²) in [6.45, 7) is 0.912. The van der Waals surface area contributed by atoms with Crippen LogP contribution in [0.5, 0.6) is 0 Å². The van der Waals surface area contributed by atoms with Crippen molar-refractivity contribution in [3.8, 4) is 0 Å². The van der Waals surface area contributed by atoms with Gasteiger partial charge < -0.3 is 55.2 Å². The van der Waals surface area contributed by atoms with Crippen molar-refractivity contribution < 1.29 is 55.1 Å². The Morgan fingerprint density at radius 3 is 1.88 bits per heavy atom. The molecule has 0 aromatic rings. The van der Waals surface area contributed by atoms with Crippen LogP contribution >= 0.6 is 0 Å². The smallest absolute Gasteiger partial charge is 0.253 e. The summed E-state index contributed by atoms with van der Waals surface area (Å²) >= 11 is 0. The maximum absolute atomic E-state index is 12.8. The number of likely N-dealkylation sites (N-methyl/N-ethyl adjacent to an activating group) is 1. The Kier molecular flexibility index (Phi) is 21.5. The minimum Gasteiger partial charge on any atom is -0.394 e. The van der Waals surface area contributed by atoms with Crippen LogP contribution < -0.4 is 0 Å². The van der Waals surface area contributed by atoms with Crippen molar-refractivity contribution in [2.24, 2.45) is 0 Å². The van der Waals surface area contributed by atoms with Gasteiger partial charge in [0.05, 0.1) is 13.2 Å². The van der Waals surface area contributed by atoms with E-state index in [-0.39, 0.29) is 0 Å². The maximum Gasteiger partial charge on any atom is 0.253 e. The Bertz CT molecular complexity index is 741. The zero-order valence-corrected chi connectivity index (χ0v) is 26.1. The van der Waals surface area contributed by atoms with Gasteiger partial charge in [-0.3, -0.25) is 4.79 Å². The van der Waals surface area contributed by atoms with Crippen LogP contribution in [-0.2, 0) is 14.3 Å². The standard InChI is InChI=1S/C31H59NO11/c1-3-4-5-6-7-8-9-10-11-12-13-14-15-16-17-18-19-32(2)30(41)27(39)26(38)29(22(35)20-33)43-31-28(40)25(37)24(36)23(21-34)42-31/h10-11,22-29,31,33-40H,3-9,12-21H2,1-2H3/b11-10-/t22-,23-,24+,25+,26-,27-,28-,29-,31+/m1/s1. The van der Waals surface area contributed by atoms with Gasteiger partial charge in [-0.1, -0.05) is 76.9 Å². The van der Waals surface area contributed by atoms with Crippen LogP contribution in [-0.4, -0.2) is 134 Å². The summed E-state index contributed by atoms with van der Waals surface area (Å²) in [5.41, 5.74) is 0. The van der Waals surface area contributed by atoms with Gasteiger partial charge in [-0.25, -0.2) is 0 Å². The monoisotopic (exact) mass is 621 g/mol. The summed E-state index contributed by atoms with van der Waals surface area (Å²) in [6.07, 6.45) is 4.71. The van der Waals surface area contributed by atoms with Gasteiger partial charge in [0.15, 0.2) is 12.4 Å². The number of carbonyl (C=O) groups excluding carboxylic acids is 1. The second kappa shape index (κ2) is 23.2. The molecule has 0 bridgehead atoms. The highest BCUT2D eigenvalue weighted by molar-refractivity contribution is 5.81. The van der Waals surface area contributed by atoms with E-state index in [2.05, 4.69) is 19.1 Å². The molecule has 12 heteroatoms. The Balaban J connectivity index is 2.36. The van der Waals surface area contributed by atoms with Gasteiger partial charge >= 0.3 is 0 Å². The lowest BCUT2D eigenvalue weighted by Crippen LogP contribution is -2.62. The van der Waals surface area contributed by atoms with Crippen LogP contribution in [0.25, 0.3) is 0 Å². The number of carbonyl (C=O) groups is 1. The zero-order valence-electron chi connectivity index (χ0n) is 26.1. The number of ether oxygens (including phenoxy) is 2. The van der Waals surface area contributed by atoms with Crippen LogP contribution in [0.15, 0.2) is 12.2 Å². The molecule has 254 valence electrons. The van der Waals surface area contributed by atoms with E-state index in [9.17, 15) is 45.6 Å². The number of hydrogen-bond donors (Lipinski definition) is 8. The molecule has 0 unspecified atom stereocenters. The minimum absolute atomic E-state index is 0.338. The Morgan fingerprint density at radius 2 is 1.35 bits per heavy atom. The molecule has 1 rings (SSSR count). The second-order valence-corrected chi connectivity index (χ2v) is 11.7. The van der Waals surface area contributed by atoms with E-state index < -0.39 is 74.2 Å². The number of nitrogens with zero attached hydrogens (tertiary/aromatic N) is 1. The molecule has 0 aliphatic carbocycles. The molecule has 1 heterocycles. The fourth-order valence-corrected chi connectivity index (χ4v) is 5.10. The third kappa shape index (κ3) is 14.6. The van der Waals surface area contributed by atoms with E-state index in [1.807, 2.05) is 0 Å². The first-order chi connectivity index (χ1) is 20.6. The van der Waals surface area contributed by atoms with Gasteiger partial charge in [-0.15, -0.1) is 0 Å². The number of unbranched alkanes of at least 4 members (excludes halogenated alkanes) is 12. The van der Waals surface area contributed by atoms with Gasteiger partial charge in [0, 0.05) is 13.6 Å². The van der Waals surface area contributed by atoms with Crippen LogP contribution in [0.1, 0.15) is 96.8 Å². The molecule has 0 saturated carbocycles. The van der Waals surface area contributed by atoms with Gasteiger partial charge in [0.1, 0.15) is 42.7 Å². The van der Waals surface area contributed by atoms with E-state index in [1.54, 1.807) is 0 Å². The molecule has 1 saturated heterocycles. The molecule has 9 atom stereocenters. The largest absolute Gasteiger partial charge is 0.394 e. The van der Waals surface area contributed by atoms with Crippen LogP contribution in [0, 0.1) is 0 Å². The van der Waals surface area contributed by atoms with Crippen molar-refractivity contribution >= 4 is 5.91 Å². The maximum atomic E-state index is 12.8. The highest BCUT2D eigenvalue weighted by Crippen LogP contribution is 2.25. The summed E-state index contributed by atoms with van der Waals surface area (Å²) < 4.78 is 10.6. The summed E-state index contributed by atoms with van der Waals surface area (Å²) in [5.74, 6) is -0.826. The van der Waals surface area contributed by atoms with Crippen molar-refractivity contribution in [2.75, 3.05) is 26.8 Å². The third-order valence-electron chi connectivity index (χ3n) is 8.00. The van der Waals surface area contributed by atoms with E-state index in [0.717, 1.165) is 44.9 Å². The fourth-order valence-electron chi connectivity index (χ4n) is 5.10. The predicted molar refractivity (Wildman–Crippen MR) is 161 cm³/mol. The van der Waals surface area contributed by atoms with Crippen molar-refractivity contribution in [1.29, 1.82) is 0 Å². The lowest BCUT2D eigenvalue weighted by molar-refractivity contribution is -0.326. The molecule has 43 heavy (non-hydrogen) atoms. The molecule has 0 aromatic heterocycles. The number of hydrogen-bond acceptors (Lipinski definition) is 11. The SMILES string of the molecule is CCCCCCCC/C=C\CCCCCCCCN(C)C(=O)[C@H](O)[C@@H](O)[C@H](O[C@@H]1O[C@H](CO)[C@H](O)[C@H](O)[C@H]1O)[C@H](O)CO. The highest BCUT2D eigenvalue weighted by Gasteiger charge is 2.47. The van der Waals surface area contributed by atoms with Crippen molar-refractivity contribution in [3.63, 3.8) is 0 Å². The molecule has 8 N–H and O–H groups in total. The van der Waals surface area contributed by atoms with Gasteiger partial charge in [0.25, 0.3) is 5.91 Å². The summed E-state index contributed by atoms with van der Waals surface area (Å²) in [5, 5.41) is 80.3. The van der Waals surface area contributed by atoms with Crippen LogP contribution in [0.4, 0.5) is 0 Å². The summed E-state index contributed by atoms with van der Waals surface area (Å²) in [6, 6.07) is 0. The Morgan fingerprint density at radius 1 is 0.814 bits per heavy atom. The van der Waals surface area contributed by atoms with Gasteiger partial charge in [-0.2, -0.15) is 0 Å². The van der Waals surface area contributed by atoms with Crippen LogP contribution in [0.3, 0.4) is 0 Å². The minimum atomic E-state index is -2.04. The number of aliphatic hydroxyl groups is 8. The quantitative estimate of drug-likeness (QED) is 0.0558. The summed E-state index contributed by atoms with van der Waals surface area (Å²) in [4.78, 5) is 14.0. The molecule has 0 spiro atoms. The number of aliphatic hydroxyl groups excluding tert-OH is 8. The highest BCUT2D eigenvalue weighted by atomic mass is 16.7. The van der Waals surface area contributed by atoms with E-state index in [4.69, 9.17) is 9.47 Å². The van der Waals surface area contributed by atoms with E-state index in [1.165, 1.54) is 50.5 Å². The first-order valence-electron chi connectivity index (χ1n) is 16.1.